The van der Waals surface area contributed by atoms with E-state index in [2.05, 4.69) is 35.7 Å². The van der Waals surface area contributed by atoms with Crippen LogP contribution in [-0.4, -0.2) is 73.6 Å². The molecular formula is C18H31N5O. The van der Waals surface area contributed by atoms with Gasteiger partial charge < -0.3 is 20.4 Å². The molecule has 1 atom stereocenters. The summed E-state index contributed by atoms with van der Waals surface area (Å²) in [7, 11) is 3.97. The number of carbonyl (C=O) groups is 1. The molecule has 0 radical (unpaired) electrons. The number of pyridine rings is 1. The van der Waals surface area contributed by atoms with Crippen molar-refractivity contribution in [3.05, 3.63) is 23.9 Å². The van der Waals surface area contributed by atoms with Crippen LogP contribution in [0.25, 0.3) is 0 Å². The lowest BCUT2D eigenvalue weighted by atomic mass is 10.0. The first-order valence-corrected chi connectivity index (χ1v) is 8.79. The molecule has 1 fully saturated rings. The Hall–Kier alpha value is -1.66. The molecule has 0 spiro atoms. The number of hydrogen-bond acceptors (Lipinski definition) is 5. The molecule has 2 N–H and O–H groups in total. The molecular weight excluding hydrogens is 302 g/mol. The molecule has 1 aromatic heterocycles. The third-order valence-electron chi connectivity index (χ3n) is 4.82. The van der Waals surface area contributed by atoms with Gasteiger partial charge in [0.15, 0.2) is 0 Å². The predicted octanol–water partition coefficient (Wildman–Crippen LogP) is 1.28. The van der Waals surface area contributed by atoms with Crippen LogP contribution in [0.4, 0.5) is 5.82 Å². The van der Waals surface area contributed by atoms with Crippen molar-refractivity contribution in [2.75, 3.05) is 51.7 Å². The molecule has 0 saturated carbocycles. The summed E-state index contributed by atoms with van der Waals surface area (Å²) in [5, 5.41) is 0. The zero-order valence-electron chi connectivity index (χ0n) is 15.4. The summed E-state index contributed by atoms with van der Waals surface area (Å²) in [4.78, 5) is 23.4. The molecule has 6 nitrogen and oxygen atoms in total. The highest BCUT2D eigenvalue weighted by Gasteiger charge is 2.18. The van der Waals surface area contributed by atoms with Crippen molar-refractivity contribution >= 4 is 11.7 Å². The van der Waals surface area contributed by atoms with E-state index in [1.165, 1.54) is 0 Å². The van der Waals surface area contributed by atoms with Gasteiger partial charge in [0.2, 0.25) is 0 Å². The van der Waals surface area contributed by atoms with E-state index in [0.717, 1.165) is 38.4 Å². The van der Waals surface area contributed by atoms with Crippen molar-refractivity contribution in [3.63, 3.8) is 0 Å². The summed E-state index contributed by atoms with van der Waals surface area (Å²) in [6.07, 6.45) is 2.55. The average Bonchev–Trinajstić information content (AvgIpc) is 2.59. The van der Waals surface area contributed by atoms with Gasteiger partial charge >= 0.3 is 0 Å². The van der Waals surface area contributed by atoms with Crippen molar-refractivity contribution in [2.45, 2.75) is 26.3 Å². The normalized spacial score (nSPS) is 17.2. The Morgan fingerprint density at radius 1 is 1.33 bits per heavy atom. The van der Waals surface area contributed by atoms with Gasteiger partial charge in [-0.25, -0.2) is 4.98 Å². The minimum atomic E-state index is 0.0312. The van der Waals surface area contributed by atoms with Gasteiger partial charge in [0.25, 0.3) is 5.91 Å². The number of piperazine rings is 1. The van der Waals surface area contributed by atoms with Crippen LogP contribution in [-0.2, 0) is 0 Å². The molecule has 2 rings (SSSR count). The molecule has 1 aliphatic rings. The largest absolute Gasteiger partial charge is 0.354 e. The van der Waals surface area contributed by atoms with Gasteiger partial charge in [0.1, 0.15) is 5.82 Å². The number of amides is 1. The molecule has 1 unspecified atom stereocenters. The zero-order valence-corrected chi connectivity index (χ0v) is 15.4. The average molecular weight is 333 g/mol. The van der Waals surface area contributed by atoms with E-state index >= 15 is 0 Å². The monoisotopic (exact) mass is 333 g/mol. The highest BCUT2D eigenvalue weighted by Crippen LogP contribution is 2.16. The molecule has 1 amide bonds. The van der Waals surface area contributed by atoms with E-state index in [-0.39, 0.29) is 11.9 Å². The number of anilines is 1. The number of rotatable bonds is 6. The molecule has 134 valence electrons. The van der Waals surface area contributed by atoms with Crippen molar-refractivity contribution in [1.29, 1.82) is 0 Å². The van der Waals surface area contributed by atoms with Gasteiger partial charge in [0, 0.05) is 57.6 Å². The lowest BCUT2D eigenvalue weighted by Gasteiger charge is -2.33. The van der Waals surface area contributed by atoms with Crippen LogP contribution in [0.3, 0.4) is 0 Å². The Balaban J connectivity index is 1.98. The zero-order chi connectivity index (χ0) is 17.7. The minimum absolute atomic E-state index is 0.0312. The lowest BCUT2D eigenvalue weighted by Crippen LogP contribution is -2.44. The minimum Gasteiger partial charge on any atom is -0.354 e. The Bertz CT molecular complexity index is 540. The van der Waals surface area contributed by atoms with Crippen LogP contribution >= 0.6 is 0 Å². The van der Waals surface area contributed by atoms with Gasteiger partial charge in [-0.1, -0.05) is 13.8 Å². The third-order valence-corrected chi connectivity index (χ3v) is 4.82. The van der Waals surface area contributed by atoms with E-state index in [9.17, 15) is 4.79 Å². The van der Waals surface area contributed by atoms with E-state index in [0.29, 0.717) is 18.0 Å². The molecule has 1 aromatic rings. The van der Waals surface area contributed by atoms with Gasteiger partial charge in [-0.05, 0) is 31.5 Å². The highest BCUT2D eigenvalue weighted by atomic mass is 16.2. The predicted molar refractivity (Wildman–Crippen MR) is 98.3 cm³/mol. The van der Waals surface area contributed by atoms with E-state index in [1.54, 1.807) is 17.2 Å². The topological polar surface area (TPSA) is 65.7 Å². The molecule has 0 aliphatic carbocycles. The molecule has 0 bridgehead atoms. The quantitative estimate of drug-likeness (QED) is 0.849. The summed E-state index contributed by atoms with van der Waals surface area (Å²) in [5.74, 6) is 1.35. The van der Waals surface area contributed by atoms with Gasteiger partial charge in [-0.15, -0.1) is 0 Å². The Morgan fingerprint density at radius 3 is 2.62 bits per heavy atom. The van der Waals surface area contributed by atoms with Crippen LogP contribution in [0.2, 0.25) is 0 Å². The number of hydrogen-bond donors (Lipinski definition) is 1. The lowest BCUT2D eigenvalue weighted by molar-refractivity contribution is 0.0789. The number of likely N-dealkylation sites (N-methyl/N-ethyl adjacent to an activating group) is 1. The summed E-state index contributed by atoms with van der Waals surface area (Å²) in [6, 6.07) is 3.83. The van der Waals surface area contributed by atoms with Crippen molar-refractivity contribution in [1.82, 2.24) is 14.8 Å². The first-order valence-electron chi connectivity index (χ1n) is 8.79. The van der Waals surface area contributed by atoms with E-state index < -0.39 is 0 Å². The Morgan fingerprint density at radius 2 is 2.00 bits per heavy atom. The SMILES string of the molecule is CC(C)C(N)CCN(C)C(=O)c1ccnc(N2CCN(C)CC2)c1. The number of nitrogens with zero attached hydrogens (tertiary/aromatic N) is 4. The maximum absolute atomic E-state index is 12.6. The highest BCUT2D eigenvalue weighted by molar-refractivity contribution is 5.94. The number of aromatic nitrogens is 1. The second kappa shape index (κ2) is 8.44. The third kappa shape index (κ3) is 4.92. The number of carbonyl (C=O) groups excluding carboxylic acids is 1. The summed E-state index contributed by atoms with van der Waals surface area (Å²) >= 11 is 0. The standard InChI is InChI=1S/C18H31N5O/c1-14(2)16(19)6-8-22(4)18(24)15-5-7-20-17(13-15)23-11-9-21(3)10-12-23/h5,7,13-14,16H,6,8-12,19H2,1-4H3. The van der Waals surface area contributed by atoms with Crippen molar-refractivity contribution in [2.24, 2.45) is 11.7 Å². The van der Waals surface area contributed by atoms with Crippen molar-refractivity contribution in [3.8, 4) is 0 Å². The first kappa shape index (κ1) is 18.7. The van der Waals surface area contributed by atoms with Crippen LogP contribution in [0.5, 0.6) is 0 Å². The summed E-state index contributed by atoms with van der Waals surface area (Å²) < 4.78 is 0. The second-order valence-electron chi connectivity index (χ2n) is 7.12. The fourth-order valence-corrected chi connectivity index (χ4v) is 2.76. The van der Waals surface area contributed by atoms with Crippen LogP contribution in [0.1, 0.15) is 30.6 Å². The smallest absolute Gasteiger partial charge is 0.253 e. The Kier molecular flexibility index (Phi) is 6.57. The maximum Gasteiger partial charge on any atom is 0.253 e. The number of nitrogens with two attached hydrogens (primary N) is 1. The van der Waals surface area contributed by atoms with Crippen molar-refractivity contribution < 1.29 is 4.79 Å². The van der Waals surface area contributed by atoms with Crippen LogP contribution < -0.4 is 10.6 Å². The Labute approximate surface area is 145 Å². The van der Waals surface area contributed by atoms with Crippen LogP contribution in [0, 0.1) is 5.92 Å². The van der Waals surface area contributed by atoms with Gasteiger partial charge in [0.05, 0.1) is 0 Å². The summed E-state index contributed by atoms with van der Waals surface area (Å²) in [5.41, 5.74) is 6.77. The first-order chi connectivity index (χ1) is 11.4. The van der Waals surface area contributed by atoms with Gasteiger partial charge in [-0.2, -0.15) is 0 Å². The fraction of sp³-hybridized carbons (Fsp3) is 0.667. The molecule has 1 saturated heterocycles. The van der Waals surface area contributed by atoms with Gasteiger partial charge in [-0.3, -0.25) is 4.79 Å². The fourth-order valence-electron chi connectivity index (χ4n) is 2.76. The molecule has 0 aromatic carbocycles. The van der Waals surface area contributed by atoms with Crippen LogP contribution in [0.15, 0.2) is 18.3 Å². The summed E-state index contributed by atoms with van der Waals surface area (Å²) in [6.45, 7) is 8.82. The molecule has 2 heterocycles. The molecule has 1 aliphatic heterocycles. The molecule has 24 heavy (non-hydrogen) atoms. The van der Waals surface area contributed by atoms with E-state index in [4.69, 9.17) is 5.73 Å². The van der Waals surface area contributed by atoms with E-state index in [1.807, 2.05) is 13.1 Å². The molecule has 6 heteroatoms. The second-order valence-corrected chi connectivity index (χ2v) is 7.12. The maximum atomic E-state index is 12.6.